The summed E-state index contributed by atoms with van der Waals surface area (Å²) >= 11 is 0. The fourth-order valence-electron chi connectivity index (χ4n) is 2.86. The van der Waals surface area contributed by atoms with Gasteiger partial charge in [0.15, 0.2) is 0 Å². The zero-order valence-electron chi connectivity index (χ0n) is 16.4. The molecule has 8 heteroatoms. The van der Waals surface area contributed by atoms with Crippen LogP contribution in [0.2, 0.25) is 0 Å². The van der Waals surface area contributed by atoms with E-state index in [1.807, 2.05) is 10.8 Å². The van der Waals surface area contributed by atoms with Gasteiger partial charge in [-0.2, -0.15) is 0 Å². The second-order valence-corrected chi connectivity index (χ2v) is 6.59. The Morgan fingerprint density at radius 1 is 1.32 bits per heavy atom. The maximum absolute atomic E-state index is 13.1. The SMILES string of the molecule is COC(=O)C(C)CN(CCCn1ccnc1)C(=O)c1cccc(NC(C)=O)c1. The Bertz CT molecular complexity index is 804. The number of aromatic nitrogens is 2. The van der Waals surface area contributed by atoms with Crippen LogP contribution in [0, 0.1) is 5.92 Å². The van der Waals surface area contributed by atoms with E-state index in [2.05, 4.69) is 10.3 Å². The van der Waals surface area contributed by atoms with Gasteiger partial charge in [-0.05, 0) is 24.6 Å². The molecule has 1 aromatic carbocycles. The molecule has 1 aromatic heterocycles. The molecule has 1 N–H and O–H groups in total. The lowest BCUT2D eigenvalue weighted by Gasteiger charge is -2.25. The number of carbonyl (C=O) groups excluding carboxylic acids is 3. The molecule has 1 atom stereocenters. The van der Waals surface area contributed by atoms with E-state index in [1.165, 1.54) is 14.0 Å². The Labute approximate surface area is 164 Å². The fraction of sp³-hybridized carbons (Fsp3) is 0.400. The molecule has 1 heterocycles. The Morgan fingerprint density at radius 2 is 2.11 bits per heavy atom. The van der Waals surface area contributed by atoms with Gasteiger partial charge in [0.05, 0.1) is 19.4 Å². The highest BCUT2D eigenvalue weighted by atomic mass is 16.5. The molecule has 2 rings (SSSR count). The van der Waals surface area contributed by atoms with E-state index in [9.17, 15) is 14.4 Å². The first kappa shape index (κ1) is 21.1. The van der Waals surface area contributed by atoms with Gasteiger partial charge in [0.1, 0.15) is 0 Å². The molecule has 28 heavy (non-hydrogen) atoms. The van der Waals surface area contributed by atoms with Gasteiger partial charge in [0, 0.05) is 50.2 Å². The molecule has 0 aliphatic heterocycles. The molecule has 2 amide bonds. The van der Waals surface area contributed by atoms with Crippen LogP contribution in [0.5, 0.6) is 0 Å². The second-order valence-electron chi connectivity index (χ2n) is 6.59. The molecular weight excluding hydrogens is 360 g/mol. The predicted octanol–water partition coefficient (Wildman–Crippen LogP) is 2.18. The number of nitrogens with one attached hydrogen (secondary N) is 1. The summed E-state index contributed by atoms with van der Waals surface area (Å²) < 4.78 is 6.72. The monoisotopic (exact) mass is 386 g/mol. The number of anilines is 1. The first-order chi connectivity index (χ1) is 13.4. The zero-order valence-corrected chi connectivity index (χ0v) is 16.4. The number of amides is 2. The first-order valence-corrected chi connectivity index (χ1v) is 9.11. The Balaban J connectivity index is 2.12. The van der Waals surface area contributed by atoms with E-state index in [4.69, 9.17) is 4.74 Å². The minimum Gasteiger partial charge on any atom is -0.469 e. The van der Waals surface area contributed by atoms with E-state index in [0.717, 1.165) is 0 Å². The highest BCUT2D eigenvalue weighted by Gasteiger charge is 2.22. The van der Waals surface area contributed by atoms with Crippen molar-refractivity contribution in [3.8, 4) is 0 Å². The molecule has 0 aliphatic rings. The van der Waals surface area contributed by atoms with Crippen LogP contribution < -0.4 is 5.32 Å². The minimum absolute atomic E-state index is 0.200. The van der Waals surface area contributed by atoms with Gasteiger partial charge in [-0.1, -0.05) is 13.0 Å². The molecule has 0 aliphatic carbocycles. The molecule has 150 valence electrons. The predicted molar refractivity (Wildman–Crippen MR) is 105 cm³/mol. The third-order valence-corrected chi connectivity index (χ3v) is 4.22. The topological polar surface area (TPSA) is 93.5 Å². The maximum atomic E-state index is 13.1. The van der Waals surface area contributed by atoms with E-state index in [-0.39, 0.29) is 24.3 Å². The number of aryl methyl sites for hydroxylation is 1. The van der Waals surface area contributed by atoms with Gasteiger partial charge in [0.25, 0.3) is 5.91 Å². The zero-order chi connectivity index (χ0) is 20.5. The standard InChI is InChI=1S/C20H26N4O4/c1-15(20(27)28-3)13-24(10-5-9-23-11-8-21-14-23)19(26)17-6-4-7-18(12-17)22-16(2)25/h4,6-8,11-12,14-15H,5,9-10,13H2,1-3H3,(H,22,25). The average molecular weight is 386 g/mol. The quantitative estimate of drug-likeness (QED) is 0.667. The molecular formula is C20H26N4O4. The Kier molecular flexibility index (Phi) is 7.74. The molecule has 0 radical (unpaired) electrons. The van der Waals surface area contributed by atoms with Crippen molar-refractivity contribution in [2.45, 2.75) is 26.8 Å². The fourth-order valence-corrected chi connectivity index (χ4v) is 2.86. The summed E-state index contributed by atoms with van der Waals surface area (Å²) in [6.45, 7) is 4.58. The third-order valence-electron chi connectivity index (χ3n) is 4.22. The highest BCUT2D eigenvalue weighted by molar-refractivity contribution is 5.97. The number of methoxy groups -OCH3 is 1. The molecule has 0 spiro atoms. The molecule has 0 saturated carbocycles. The van der Waals surface area contributed by atoms with Gasteiger partial charge < -0.3 is 19.5 Å². The smallest absolute Gasteiger partial charge is 0.310 e. The number of carbonyl (C=O) groups is 3. The Hall–Kier alpha value is -3.16. The van der Waals surface area contributed by atoms with Crippen molar-refractivity contribution in [3.63, 3.8) is 0 Å². The van der Waals surface area contributed by atoms with Crippen molar-refractivity contribution in [1.82, 2.24) is 14.5 Å². The summed E-state index contributed by atoms with van der Waals surface area (Å²) in [7, 11) is 1.33. The van der Waals surface area contributed by atoms with Crippen LogP contribution in [-0.2, 0) is 20.9 Å². The summed E-state index contributed by atoms with van der Waals surface area (Å²) in [5.74, 6) is -1.21. The molecule has 0 fully saturated rings. The summed E-state index contributed by atoms with van der Waals surface area (Å²) in [6, 6.07) is 6.76. The van der Waals surface area contributed by atoms with E-state index < -0.39 is 5.92 Å². The maximum Gasteiger partial charge on any atom is 0.310 e. The van der Waals surface area contributed by atoms with Crippen LogP contribution in [0.25, 0.3) is 0 Å². The van der Waals surface area contributed by atoms with Crippen LogP contribution in [-0.4, -0.2) is 52.4 Å². The number of imidazole rings is 1. The highest BCUT2D eigenvalue weighted by Crippen LogP contribution is 2.15. The lowest BCUT2D eigenvalue weighted by atomic mass is 10.1. The lowest BCUT2D eigenvalue weighted by molar-refractivity contribution is -0.145. The Morgan fingerprint density at radius 3 is 2.75 bits per heavy atom. The van der Waals surface area contributed by atoms with Gasteiger partial charge >= 0.3 is 5.97 Å². The molecule has 1 unspecified atom stereocenters. The van der Waals surface area contributed by atoms with Crippen LogP contribution >= 0.6 is 0 Å². The van der Waals surface area contributed by atoms with Crippen LogP contribution in [0.15, 0.2) is 43.0 Å². The van der Waals surface area contributed by atoms with Gasteiger partial charge in [-0.15, -0.1) is 0 Å². The van der Waals surface area contributed by atoms with Gasteiger partial charge in [-0.25, -0.2) is 4.98 Å². The summed E-state index contributed by atoms with van der Waals surface area (Å²) in [5, 5.41) is 2.67. The second kappa shape index (κ2) is 10.2. The molecule has 2 aromatic rings. The number of nitrogens with zero attached hydrogens (tertiary/aromatic N) is 3. The lowest BCUT2D eigenvalue weighted by Crippen LogP contribution is -2.38. The third kappa shape index (κ3) is 6.22. The van der Waals surface area contributed by atoms with Crippen molar-refractivity contribution >= 4 is 23.5 Å². The average Bonchev–Trinajstić information content (AvgIpc) is 3.19. The molecule has 8 nitrogen and oxygen atoms in total. The normalized spacial score (nSPS) is 11.5. The van der Waals surface area contributed by atoms with Crippen molar-refractivity contribution in [2.24, 2.45) is 5.92 Å². The number of hydrogen-bond acceptors (Lipinski definition) is 5. The summed E-state index contributed by atoms with van der Waals surface area (Å²) in [5.41, 5.74) is 1.00. The molecule has 0 saturated heterocycles. The van der Waals surface area contributed by atoms with Crippen LogP contribution in [0.4, 0.5) is 5.69 Å². The minimum atomic E-state index is -0.444. The van der Waals surface area contributed by atoms with E-state index in [1.54, 1.807) is 48.6 Å². The van der Waals surface area contributed by atoms with E-state index >= 15 is 0 Å². The number of benzene rings is 1. The number of rotatable bonds is 9. The van der Waals surface area contributed by atoms with Crippen molar-refractivity contribution in [2.75, 3.05) is 25.5 Å². The van der Waals surface area contributed by atoms with Crippen molar-refractivity contribution in [1.29, 1.82) is 0 Å². The van der Waals surface area contributed by atoms with Crippen LogP contribution in [0.3, 0.4) is 0 Å². The largest absolute Gasteiger partial charge is 0.469 e. The summed E-state index contributed by atoms with van der Waals surface area (Å²) in [4.78, 5) is 41.8. The van der Waals surface area contributed by atoms with Crippen molar-refractivity contribution in [3.05, 3.63) is 48.5 Å². The van der Waals surface area contributed by atoms with Crippen LogP contribution in [0.1, 0.15) is 30.6 Å². The van der Waals surface area contributed by atoms with Crippen molar-refractivity contribution < 1.29 is 19.1 Å². The summed E-state index contributed by atoms with van der Waals surface area (Å²) in [6.07, 6.45) is 6.00. The number of hydrogen-bond donors (Lipinski definition) is 1. The van der Waals surface area contributed by atoms with E-state index in [0.29, 0.717) is 30.8 Å². The number of esters is 1. The first-order valence-electron chi connectivity index (χ1n) is 9.11. The van der Waals surface area contributed by atoms with Gasteiger partial charge in [-0.3, -0.25) is 14.4 Å². The molecule has 0 bridgehead atoms. The number of ether oxygens (including phenoxy) is 1. The van der Waals surface area contributed by atoms with Gasteiger partial charge in [0.2, 0.25) is 5.91 Å².